The summed E-state index contributed by atoms with van der Waals surface area (Å²) in [6.45, 7) is 8.01. The lowest BCUT2D eigenvalue weighted by atomic mass is 10.0. The number of aromatic nitrogens is 1. The number of amides is 2. The molecule has 2 heterocycles. The van der Waals surface area contributed by atoms with Gasteiger partial charge in [0.1, 0.15) is 12.3 Å². The summed E-state index contributed by atoms with van der Waals surface area (Å²) < 4.78 is 16.8. The van der Waals surface area contributed by atoms with E-state index < -0.39 is 6.09 Å². The summed E-state index contributed by atoms with van der Waals surface area (Å²) in [5, 5.41) is 9.84. The molecule has 1 aromatic heterocycles. The van der Waals surface area contributed by atoms with E-state index >= 15 is 0 Å². The van der Waals surface area contributed by atoms with Crippen LogP contribution in [0.5, 0.6) is 5.75 Å². The van der Waals surface area contributed by atoms with Crippen molar-refractivity contribution in [2.24, 2.45) is 0 Å². The van der Waals surface area contributed by atoms with Gasteiger partial charge in [0, 0.05) is 36.8 Å². The molecule has 9 heteroatoms. The van der Waals surface area contributed by atoms with Crippen LogP contribution in [0.3, 0.4) is 0 Å². The SMILES string of the molecule is C=C.COC(=O)NCC(=O)Nc1ccccc1CC[C@@H]1CNC[C@@H](CCOc2cccc3cc[nH]c23)O1.c1ccc(Cc2ccccc2)cc1. The molecule has 2 amide bonds. The maximum atomic E-state index is 12.2. The van der Waals surface area contributed by atoms with Crippen LogP contribution in [0.1, 0.15) is 29.5 Å². The second-order valence-corrected chi connectivity index (χ2v) is 11.6. The highest BCUT2D eigenvalue weighted by atomic mass is 16.5. The average Bonchev–Trinajstić information content (AvgIpc) is 3.66. The van der Waals surface area contributed by atoms with Crippen LogP contribution in [0.4, 0.5) is 10.5 Å². The smallest absolute Gasteiger partial charge is 0.407 e. The van der Waals surface area contributed by atoms with Gasteiger partial charge in [0.15, 0.2) is 0 Å². The van der Waals surface area contributed by atoms with Crippen LogP contribution in [-0.2, 0) is 27.1 Å². The van der Waals surface area contributed by atoms with Crippen molar-refractivity contribution in [1.29, 1.82) is 0 Å². The number of hydrogen-bond donors (Lipinski definition) is 4. The van der Waals surface area contributed by atoms with Crippen molar-refractivity contribution in [1.82, 2.24) is 15.6 Å². The second-order valence-electron chi connectivity index (χ2n) is 11.6. The molecule has 2 atom stereocenters. The monoisotopic (exact) mass is 676 g/mol. The number of rotatable bonds is 12. The van der Waals surface area contributed by atoms with E-state index in [1.54, 1.807) is 0 Å². The highest BCUT2D eigenvalue weighted by molar-refractivity contribution is 5.94. The Morgan fingerprint density at radius 3 is 2.18 bits per heavy atom. The molecule has 50 heavy (non-hydrogen) atoms. The van der Waals surface area contributed by atoms with Crippen molar-refractivity contribution in [2.75, 3.05) is 38.7 Å². The van der Waals surface area contributed by atoms with E-state index in [4.69, 9.17) is 9.47 Å². The Bertz CT molecular complexity index is 1690. The zero-order valence-corrected chi connectivity index (χ0v) is 28.7. The number of morpholine rings is 1. The standard InChI is InChI=1S/C26H32N4O5.C13H12.C2H4/c1-33-26(32)29-17-24(31)30-22-7-3-2-5-18(22)9-10-20-15-27-16-21(35-20)12-14-34-23-8-4-6-19-11-13-28-25(19)23;1-3-7-12(8-4-1)11-13-9-5-2-6-10-13;1-2/h2-8,11,13,20-21,27-28H,9-10,12,14-17H2,1H3,(H,29,32)(H,30,31);1-10H,11H2;1-2H2/t20-,21-;;/m1../s1. The van der Waals surface area contributed by atoms with E-state index in [2.05, 4.69) is 106 Å². The topological polar surface area (TPSA) is 114 Å². The quantitative estimate of drug-likeness (QED) is 0.103. The Morgan fingerprint density at radius 1 is 0.820 bits per heavy atom. The Kier molecular flexibility index (Phi) is 15.6. The molecule has 0 radical (unpaired) electrons. The fourth-order valence-electron chi connectivity index (χ4n) is 5.61. The number of carbonyl (C=O) groups is 2. The molecule has 1 fully saturated rings. The van der Waals surface area contributed by atoms with Crippen LogP contribution in [0.2, 0.25) is 0 Å². The minimum Gasteiger partial charge on any atom is -0.491 e. The maximum absolute atomic E-state index is 12.2. The molecular formula is C41H48N4O5. The third-order valence-corrected chi connectivity index (χ3v) is 8.08. The molecule has 5 aromatic rings. The van der Waals surface area contributed by atoms with Gasteiger partial charge in [-0.05, 0) is 54.2 Å². The van der Waals surface area contributed by atoms with Crippen molar-refractivity contribution in [3.8, 4) is 5.75 Å². The van der Waals surface area contributed by atoms with Gasteiger partial charge in [0.25, 0.3) is 0 Å². The number of alkyl carbamates (subject to hydrolysis) is 1. The molecule has 6 rings (SSSR count). The average molecular weight is 677 g/mol. The zero-order chi connectivity index (χ0) is 35.4. The van der Waals surface area contributed by atoms with Crippen molar-refractivity contribution in [2.45, 2.75) is 37.9 Å². The summed E-state index contributed by atoms with van der Waals surface area (Å²) in [7, 11) is 1.26. The summed E-state index contributed by atoms with van der Waals surface area (Å²) in [6, 6.07) is 36.8. The van der Waals surface area contributed by atoms with Gasteiger partial charge < -0.3 is 35.1 Å². The molecule has 0 spiro atoms. The number of benzene rings is 4. The van der Waals surface area contributed by atoms with Crippen LogP contribution in [0, 0.1) is 0 Å². The first-order chi connectivity index (χ1) is 24.6. The van der Waals surface area contributed by atoms with Gasteiger partial charge in [-0.3, -0.25) is 4.79 Å². The Balaban J connectivity index is 0.000000311. The summed E-state index contributed by atoms with van der Waals surface area (Å²) >= 11 is 0. The van der Waals surface area contributed by atoms with Crippen molar-refractivity contribution >= 4 is 28.6 Å². The molecule has 1 aliphatic heterocycles. The molecule has 1 saturated heterocycles. The maximum Gasteiger partial charge on any atom is 0.407 e. The predicted molar refractivity (Wildman–Crippen MR) is 201 cm³/mol. The highest BCUT2D eigenvalue weighted by Crippen LogP contribution is 2.25. The Morgan fingerprint density at radius 2 is 1.48 bits per heavy atom. The Labute approximate surface area is 295 Å². The van der Waals surface area contributed by atoms with Crippen molar-refractivity contribution < 1.29 is 23.8 Å². The van der Waals surface area contributed by atoms with Gasteiger partial charge in [0.05, 0.1) is 31.4 Å². The van der Waals surface area contributed by atoms with E-state index in [-0.39, 0.29) is 24.7 Å². The van der Waals surface area contributed by atoms with Crippen LogP contribution in [0.25, 0.3) is 10.9 Å². The van der Waals surface area contributed by atoms with E-state index in [9.17, 15) is 9.59 Å². The molecule has 9 nitrogen and oxygen atoms in total. The lowest BCUT2D eigenvalue weighted by Crippen LogP contribution is -2.45. The number of nitrogens with one attached hydrogen (secondary N) is 4. The fraction of sp³-hybridized carbons (Fsp3) is 0.268. The molecule has 4 N–H and O–H groups in total. The normalized spacial score (nSPS) is 15.0. The molecule has 0 saturated carbocycles. The van der Waals surface area contributed by atoms with Gasteiger partial charge in [-0.2, -0.15) is 0 Å². The summed E-state index contributed by atoms with van der Waals surface area (Å²) in [6.07, 6.45) is 4.82. The number of fused-ring (bicyclic) bond motifs is 1. The zero-order valence-electron chi connectivity index (χ0n) is 28.7. The molecule has 0 unspecified atom stereocenters. The fourth-order valence-corrected chi connectivity index (χ4v) is 5.61. The number of H-pyrrole nitrogens is 1. The summed E-state index contributed by atoms with van der Waals surface area (Å²) in [5.41, 5.74) is 5.51. The van der Waals surface area contributed by atoms with Gasteiger partial charge in [-0.15, -0.1) is 13.2 Å². The van der Waals surface area contributed by atoms with E-state index in [0.29, 0.717) is 6.61 Å². The number of ether oxygens (including phenoxy) is 3. The summed E-state index contributed by atoms with van der Waals surface area (Å²) in [5.74, 6) is 0.543. The minimum absolute atomic E-state index is 0.0744. The van der Waals surface area contributed by atoms with Gasteiger partial charge in [-0.1, -0.05) is 91.0 Å². The number of hydrogen-bond acceptors (Lipinski definition) is 6. The third kappa shape index (κ3) is 12.3. The minimum atomic E-state index is -0.642. The van der Waals surface area contributed by atoms with Crippen molar-refractivity contribution in [3.05, 3.63) is 145 Å². The first-order valence-electron chi connectivity index (χ1n) is 16.9. The second kappa shape index (κ2) is 20.9. The third-order valence-electron chi connectivity index (χ3n) is 8.08. The van der Waals surface area contributed by atoms with Gasteiger partial charge in [-0.25, -0.2) is 4.79 Å². The van der Waals surface area contributed by atoms with Gasteiger partial charge >= 0.3 is 6.09 Å². The number of carbonyl (C=O) groups excluding carboxylic acids is 2. The molecule has 262 valence electrons. The van der Waals surface area contributed by atoms with Crippen LogP contribution in [0.15, 0.2) is 129 Å². The largest absolute Gasteiger partial charge is 0.491 e. The molecular weight excluding hydrogens is 628 g/mol. The van der Waals surface area contributed by atoms with Gasteiger partial charge in [0.2, 0.25) is 5.91 Å². The number of anilines is 1. The molecule has 4 aromatic carbocycles. The van der Waals surface area contributed by atoms with Crippen LogP contribution >= 0.6 is 0 Å². The molecule has 1 aliphatic rings. The van der Waals surface area contributed by atoms with Crippen LogP contribution < -0.4 is 20.7 Å². The number of methoxy groups -OCH3 is 1. The first kappa shape index (κ1) is 37.4. The molecule has 0 bridgehead atoms. The van der Waals surface area contributed by atoms with E-state index in [1.165, 1.54) is 18.2 Å². The lowest BCUT2D eigenvalue weighted by molar-refractivity contribution is -0.115. The summed E-state index contributed by atoms with van der Waals surface area (Å²) in [4.78, 5) is 26.6. The van der Waals surface area contributed by atoms with Crippen molar-refractivity contribution in [3.63, 3.8) is 0 Å². The highest BCUT2D eigenvalue weighted by Gasteiger charge is 2.22. The van der Waals surface area contributed by atoms with E-state index in [0.717, 1.165) is 66.7 Å². The predicted octanol–water partition coefficient (Wildman–Crippen LogP) is 7.30. The lowest BCUT2D eigenvalue weighted by Gasteiger charge is -2.31. The number of para-hydroxylation sites is 2. The number of aromatic amines is 1. The first-order valence-corrected chi connectivity index (χ1v) is 16.9. The Hall–Kier alpha value is -5.38. The molecule has 0 aliphatic carbocycles. The van der Waals surface area contributed by atoms with E-state index in [1.807, 2.05) is 48.7 Å². The number of aryl methyl sites for hydroxylation is 1. The van der Waals surface area contributed by atoms with Crippen LogP contribution in [-0.4, -0.2) is 62.5 Å².